The van der Waals surface area contributed by atoms with E-state index in [1.165, 1.54) is 5.56 Å². The highest BCUT2D eigenvalue weighted by Gasteiger charge is 2.04. The summed E-state index contributed by atoms with van der Waals surface area (Å²) in [5.74, 6) is 0.444. The molecule has 2 rings (SSSR count). The number of carboxylic acid groups (broad SMARTS) is 1. The van der Waals surface area contributed by atoms with Gasteiger partial charge >= 0.3 is 5.97 Å². The number of para-hydroxylation sites is 1. The molecular weight excluding hydrogens is 268 g/mol. The minimum atomic E-state index is -0.250. The van der Waals surface area contributed by atoms with Gasteiger partial charge in [0.25, 0.3) is 6.47 Å². The van der Waals surface area contributed by atoms with E-state index in [0.29, 0.717) is 12.2 Å². The van der Waals surface area contributed by atoms with Crippen LogP contribution >= 0.6 is 0 Å². The zero-order chi connectivity index (χ0) is 15.3. The molecule has 0 aliphatic heterocycles. The van der Waals surface area contributed by atoms with Gasteiger partial charge in [-0.2, -0.15) is 0 Å². The van der Waals surface area contributed by atoms with E-state index in [-0.39, 0.29) is 12.4 Å². The van der Waals surface area contributed by atoms with Gasteiger partial charge in [-0.3, -0.25) is 9.59 Å². The highest BCUT2D eigenvalue weighted by molar-refractivity contribution is 5.72. The van der Waals surface area contributed by atoms with Gasteiger partial charge in [0.05, 0.1) is 0 Å². The lowest BCUT2D eigenvalue weighted by atomic mass is 10.1. The Labute approximate surface area is 124 Å². The molecule has 0 heterocycles. The van der Waals surface area contributed by atoms with E-state index in [1.807, 2.05) is 36.4 Å². The Kier molecular flexibility index (Phi) is 7.98. The zero-order valence-corrected chi connectivity index (χ0v) is 11.6. The average molecular weight is 286 g/mol. The van der Waals surface area contributed by atoms with E-state index >= 15 is 0 Å². The summed E-state index contributed by atoms with van der Waals surface area (Å²) in [5, 5.41) is 6.89. The molecule has 0 aromatic heterocycles. The fourth-order valence-corrected chi connectivity index (χ4v) is 1.75. The minimum Gasteiger partial charge on any atom is -0.483 e. The molecule has 4 nitrogen and oxygen atoms in total. The number of carbonyl (C=O) groups excluding carboxylic acids is 1. The second kappa shape index (κ2) is 10.2. The third kappa shape index (κ3) is 7.52. The summed E-state index contributed by atoms with van der Waals surface area (Å²) >= 11 is 0. The summed E-state index contributed by atoms with van der Waals surface area (Å²) in [6, 6.07) is 19.3. The van der Waals surface area contributed by atoms with E-state index in [0.717, 1.165) is 12.8 Å². The van der Waals surface area contributed by atoms with Gasteiger partial charge in [0.2, 0.25) is 0 Å². The highest BCUT2D eigenvalue weighted by atomic mass is 16.5. The Morgan fingerprint density at radius 2 is 1.52 bits per heavy atom. The number of benzene rings is 2. The molecule has 4 heteroatoms. The average Bonchev–Trinajstić information content (AvgIpc) is 2.50. The number of ether oxygens (including phenoxy) is 1. The van der Waals surface area contributed by atoms with Crippen molar-refractivity contribution in [2.45, 2.75) is 19.3 Å². The molecule has 0 atom stereocenters. The maximum absolute atomic E-state index is 11.6. The molecule has 0 saturated heterocycles. The summed E-state index contributed by atoms with van der Waals surface area (Å²) in [4.78, 5) is 19.9. The number of rotatable bonds is 5. The van der Waals surface area contributed by atoms with Crippen molar-refractivity contribution < 1.29 is 19.4 Å². The van der Waals surface area contributed by atoms with Crippen molar-refractivity contribution in [3.8, 4) is 5.75 Å². The lowest BCUT2D eigenvalue weighted by Gasteiger charge is -2.04. The van der Waals surface area contributed by atoms with Gasteiger partial charge in [-0.1, -0.05) is 48.5 Å². The molecule has 21 heavy (non-hydrogen) atoms. The Morgan fingerprint density at radius 3 is 2.10 bits per heavy atom. The number of carbonyl (C=O) groups is 2. The first-order valence-corrected chi connectivity index (χ1v) is 6.63. The van der Waals surface area contributed by atoms with Gasteiger partial charge in [0, 0.05) is 6.42 Å². The van der Waals surface area contributed by atoms with E-state index in [4.69, 9.17) is 14.6 Å². The van der Waals surface area contributed by atoms with Gasteiger partial charge in [0.1, 0.15) is 5.75 Å². The maximum atomic E-state index is 11.6. The molecule has 0 aliphatic carbocycles. The van der Waals surface area contributed by atoms with Gasteiger partial charge < -0.3 is 9.84 Å². The van der Waals surface area contributed by atoms with Crippen LogP contribution in [0.2, 0.25) is 0 Å². The smallest absolute Gasteiger partial charge is 0.311 e. The van der Waals surface area contributed by atoms with Crippen LogP contribution in [0.25, 0.3) is 0 Å². The van der Waals surface area contributed by atoms with Crippen molar-refractivity contribution in [1.82, 2.24) is 0 Å². The second-order valence-electron chi connectivity index (χ2n) is 4.23. The predicted octanol–water partition coefficient (Wildman–Crippen LogP) is 3.32. The van der Waals surface area contributed by atoms with Crippen LogP contribution in [0, 0.1) is 0 Å². The van der Waals surface area contributed by atoms with E-state index in [2.05, 4.69) is 12.1 Å². The SMILES string of the molecule is O=C(CCCc1ccccc1)Oc1ccccc1.O=CO. The van der Waals surface area contributed by atoms with Crippen molar-refractivity contribution in [2.24, 2.45) is 0 Å². The standard InChI is InChI=1S/C16H16O2.CH2O2/c17-16(18-15-11-5-2-6-12-15)13-7-10-14-8-3-1-4-9-14;2-1-3/h1-6,8-9,11-12H,7,10,13H2;1H,(H,2,3). The minimum absolute atomic E-state index is 0.169. The zero-order valence-electron chi connectivity index (χ0n) is 11.6. The lowest BCUT2D eigenvalue weighted by molar-refractivity contribution is -0.134. The topological polar surface area (TPSA) is 63.6 Å². The fourth-order valence-electron chi connectivity index (χ4n) is 1.75. The molecule has 0 amide bonds. The van der Waals surface area contributed by atoms with Crippen molar-refractivity contribution in [1.29, 1.82) is 0 Å². The summed E-state index contributed by atoms with van der Waals surface area (Å²) in [6.07, 6.45) is 2.17. The first kappa shape index (κ1) is 16.4. The molecule has 2 aromatic rings. The molecule has 0 radical (unpaired) electrons. The van der Waals surface area contributed by atoms with Crippen molar-refractivity contribution in [3.63, 3.8) is 0 Å². The molecular formula is C17H18O4. The molecule has 0 bridgehead atoms. The maximum Gasteiger partial charge on any atom is 0.311 e. The van der Waals surface area contributed by atoms with Crippen molar-refractivity contribution in [3.05, 3.63) is 66.2 Å². The predicted molar refractivity (Wildman–Crippen MR) is 80.1 cm³/mol. The molecule has 0 aliphatic rings. The van der Waals surface area contributed by atoms with Crippen LogP contribution in [-0.2, 0) is 16.0 Å². The summed E-state index contributed by atoms with van der Waals surface area (Å²) in [6.45, 7) is -0.250. The largest absolute Gasteiger partial charge is 0.483 e. The first-order chi connectivity index (χ1) is 10.3. The molecule has 0 saturated carbocycles. The van der Waals surface area contributed by atoms with E-state index < -0.39 is 0 Å². The van der Waals surface area contributed by atoms with Crippen LogP contribution in [0.15, 0.2) is 60.7 Å². The van der Waals surface area contributed by atoms with Gasteiger partial charge in [0.15, 0.2) is 0 Å². The number of aryl methyl sites for hydroxylation is 1. The summed E-state index contributed by atoms with van der Waals surface area (Å²) < 4.78 is 5.21. The Bertz CT molecular complexity index is 523. The fraction of sp³-hybridized carbons (Fsp3) is 0.176. The Hall–Kier alpha value is -2.62. The number of esters is 1. The van der Waals surface area contributed by atoms with Gasteiger partial charge in [-0.05, 0) is 30.5 Å². The van der Waals surface area contributed by atoms with E-state index in [1.54, 1.807) is 12.1 Å². The summed E-state index contributed by atoms with van der Waals surface area (Å²) in [7, 11) is 0. The van der Waals surface area contributed by atoms with Crippen LogP contribution in [0.5, 0.6) is 5.75 Å². The van der Waals surface area contributed by atoms with E-state index in [9.17, 15) is 4.79 Å². The molecule has 0 spiro atoms. The quantitative estimate of drug-likeness (QED) is 0.520. The molecule has 0 unspecified atom stereocenters. The van der Waals surface area contributed by atoms with Crippen LogP contribution in [0.3, 0.4) is 0 Å². The van der Waals surface area contributed by atoms with Crippen LogP contribution in [0.4, 0.5) is 0 Å². The van der Waals surface area contributed by atoms with Crippen molar-refractivity contribution in [2.75, 3.05) is 0 Å². The van der Waals surface area contributed by atoms with Gasteiger partial charge in [-0.15, -0.1) is 0 Å². The Balaban J connectivity index is 0.000000677. The Morgan fingerprint density at radius 1 is 1.00 bits per heavy atom. The first-order valence-electron chi connectivity index (χ1n) is 6.63. The molecule has 110 valence electrons. The molecule has 2 aromatic carbocycles. The number of hydrogen-bond donors (Lipinski definition) is 1. The van der Waals surface area contributed by atoms with Crippen LogP contribution in [-0.4, -0.2) is 17.5 Å². The van der Waals surface area contributed by atoms with Crippen LogP contribution < -0.4 is 4.74 Å². The third-order valence-corrected chi connectivity index (χ3v) is 2.66. The normalized spacial score (nSPS) is 9.14. The highest BCUT2D eigenvalue weighted by Crippen LogP contribution is 2.11. The van der Waals surface area contributed by atoms with Gasteiger partial charge in [-0.25, -0.2) is 0 Å². The second-order valence-corrected chi connectivity index (χ2v) is 4.23. The van der Waals surface area contributed by atoms with Crippen LogP contribution in [0.1, 0.15) is 18.4 Å². The summed E-state index contributed by atoms with van der Waals surface area (Å²) in [5.41, 5.74) is 1.25. The lowest BCUT2D eigenvalue weighted by Crippen LogP contribution is -2.07. The number of hydrogen-bond acceptors (Lipinski definition) is 3. The van der Waals surface area contributed by atoms with Crippen molar-refractivity contribution >= 4 is 12.4 Å². The molecule has 0 fully saturated rings. The molecule has 1 N–H and O–H groups in total. The monoisotopic (exact) mass is 286 g/mol. The third-order valence-electron chi connectivity index (χ3n) is 2.66.